The summed E-state index contributed by atoms with van der Waals surface area (Å²) in [5.74, 6) is 0.893. The Morgan fingerprint density at radius 3 is 2.48 bits per heavy atom. The highest BCUT2D eigenvalue weighted by Gasteiger charge is 2.31. The predicted octanol–water partition coefficient (Wildman–Crippen LogP) is 1.59. The van der Waals surface area contributed by atoms with Gasteiger partial charge < -0.3 is 10.5 Å². The monoisotopic (exact) mass is 283 g/mol. The van der Waals surface area contributed by atoms with E-state index >= 15 is 0 Å². The lowest BCUT2D eigenvalue weighted by molar-refractivity contribution is 0.414. The van der Waals surface area contributed by atoms with Crippen LogP contribution in [-0.4, -0.2) is 19.4 Å². The molecule has 21 heavy (non-hydrogen) atoms. The summed E-state index contributed by atoms with van der Waals surface area (Å²) >= 11 is 0. The molecule has 0 amide bonds. The van der Waals surface area contributed by atoms with E-state index in [4.69, 9.17) is 10.5 Å². The van der Waals surface area contributed by atoms with Crippen molar-refractivity contribution in [1.82, 2.24) is 10.6 Å². The average Bonchev–Trinajstić information content (AvgIpc) is 3.22. The molecule has 4 N–H and O–H groups in total. The van der Waals surface area contributed by atoms with Crippen molar-refractivity contribution in [3.63, 3.8) is 0 Å². The quantitative estimate of drug-likeness (QED) is 0.704. The molecule has 0 spiro atoms. The lowest BCUT2D eigenvalue weighted by Gasteiger charge is -2.07. The smallest absolute Gasteiger partial charge is 0.118 e. The Morgan fingerprint density at radius 1 is 1.10 bits per heavy atom. The second kappa shape index (κ2) is 6.26. The maximum Gasteiger partial charge on any atom is 0.118 e. The molecule has 0 aliphatic carbocycles. The van der Waals surface area contributed by atoms with E-state index in [1.54, 1.807) is 7.11 Å². The molecule has 1 saturated heterocycles. The minimum atomic E-state index is 0.104. The van der Waals surface area contributed by atoms with Gasteiger partial charge in [0.15, 0.2) is 0 Å². The third-order valence-corrected chi connectivity index (χ3v) is 3.71. The van der Waals surface area contributed by atoms with Crippen molar-refractivity contribution < 1.29 is 4.74 Å². The van der Waals surface area contributed by atoms with Crippen molar-refractivity contribution in [2.45, 2.75) is 25.3 Å². The van der Waals surface area contributed by atoms with E-state index < -0.39 is 0 Å². The van der Waals surface area contributed by atoms with Crippen LogP contribution < -0.4 is 21.1 Å². The lowest BCUT2D eigenvalue weighted by atomic mass is 10.0. The molecule has 110 valence electrons. The van der Waals surface area contributed by atoms with E-state index in [0.717, 1.165) is 18.7 Å². The summed E-state index contributed by atoms with van der Waals surface area (Å²) in [6, 6.07) is 16.9. The molecule has 4 nitrogen and oxygen atoms in total. The fourth-order valence-corrected chi connectivity index (χ4v) is 2.39. The minimum absolute atomic E-state index is 0.104. The van der Waals surface area contributed by atoms with Crippen molar-refractivity contribution in [2.75, 3.05) is 7.11 Å². The van der Waals surface area contributed by atoms with Crippen LogP contribution in [0.15, 0.2) is 48.5 Å². The van der Waals surface area contributed by atoms with E-state index in [9.17, 15) is 0 Å². The molecule has 1 heterocycles. The lowest BCUT2D eigenvalue weighted by Crippen LogP contribution is -2.22. The van der Waals surface area contributed by atoms with Gasteiger partial charge in [-0.2, -0.15) is 0 Å². The fourth-order valence-electron chi connectivity index (χ4n) is 2.39. The van der Waals surface area contributed by atoms with Crippen molar-refractivity contribution in [1.29, 1.82) is 0 Å². The van der Waals surface area contributed by atoms with E-state index in [0.29, 0.717) is 0 Å². The number of methoxy groups -OCH3 is 1. The Bertz CT molecular complexity index is 597. The summed E-state index contributed by atoms with van der Waals surface area (Å²) in [6.45, 7) is 0.835. The summed E-state index contributed by atoms with van der Waals surface area (Å²) < 4.78 is 5.18. The second-order valence-corrected chi connectivity index (χ2v) is 5.40. The van der Waals surface area contributed by atoms with Gasteiger partial charge in [-0.3, -0.25) is 10.6 Å². The highest BCUT2D eigenvalue weighted by Crippen LogP contribution is 2.16. The first-order valence-corrected chi connectivity index (χ1v) is 7.20. The number of rotatable bonds is 6. The first-order valence-electron chi connectivity index (χ1n) is 7.20. The number of ether oxygens (including phenoxy) is 1. The van der Waals surface area contributed by atoms with Gasteiger partial charge in [0.1, 0.15) is 5.75 Å². The zero-order chi connectivity index (χ0) is 14.7. The van der Waals surface area contributed by atoms with Gasteiger partial charge in [0.05, 0.1) is 19.4 Å². The van der Waals surface area contributed by atoms with Gasteiger partial charge in [0, 0.05) is 6.54 Å². The zero-order valence-corrected chi connectivity index (χ0v) is 12.2. The third-order valence-electron chi connectivity index (χ3n) is 3.71. The highest BCUT2D eigenvalue weighted by molar-refractivity contribution is 5.33. The molecule has 4 heteroatoms. The predicted molar refractivity (Wildman–Crippen MR) is 84.0 cm³/mol. The number of benzene rings is 2. The first kappa shape index (κ1) is 14.1. The Labute approximate surface area is 125 Å². The van der Waals surface area contributed by atoms with Crippen molar-refractivity contribution in [3.05, 3.63) is 65.2 Å². The fraction of sp³-hybridized carbons (Fsp3) is 0.294. The van der Waals surface area contributed by atoms with Gasteiger partial charge in [-0.15, -0.1) is 0 Å². The Kier molecular flexibility index (Phi) is 4.20. The van der Waals surface area contributed by atoms with Crippen LogP contribution >= 0.6 is 0 Å². The largest absolute Gasteiger partial charge is 0.497 e. The van der Waals surface area contributed by atoms with Crippen molar-refractivity contribution in [2.24, 2.45) is 5.73 Å². The van der Waals surface area contributed by atoms with Crippen LogP contribution in [0.1, 0.15) is 16.7 Å². The van der Waals surface area contributed by atoms with E-state index in [2.05, 4.69) is 47.0 Å². The van der Waals surface area contributed by atoms with Crippen LogP contribution in [0.25, 0.3) is 0 Å². The molecule has 2 unspecified atom stereocenters. The molecule has 1 aliphatic rings. The second-order valence-electron chi connectivity index (χ2n) is 5.40. The Hall–Kier alpha value is -1.88. The third kappa shape index (κ3) is 3.82. The van der Waals surface area contributed by atoms with Crippen LogP contribution in [0, 0.1) is 0 Å². The normalized spacial score (nSPS) is 20.3. The van der Waals surface area contributed by atoms with Gasteiger partial charge in [-0.1, -0.05) is 36.4 Å². The summed E-state index contributed by atoms with van der Waals surface area (Å²) in [6.07, 6.45) is 1.29. The van der Waals surface area contributed by atoms with Gasteiger partial charge in [0.25, 0.3) is 0 Å². The van der Waals surface area contributed by atoms with Gasteiger partial charge in [-0.05, 0) is 35.2 Å². The Balaban J connectivity index is 1.61. The summed E-state index contributed by atoms with van der Waals surface area (Å²) in [5, 5.41) is 6.50. The summed E-state index contributed by atoms with van der Waals surface area (Å²) in [7, 11) is 1.69. The van der Waals surface area contributed by atoms with Gasteiger partial charge >= 0.3 is 0 Å². The molecule has 2 aromatic carbocycles. The van der Waals surface area contributed by atoms with Crippen LogP contribution in [0.2, 0.25) is 0 Å². The van der Waals surface area contributed by atoms with E-state index in [1.165, 1.54) is 16.7 Å². The van der Waals surface area contributed by atoms with E-state index in [-0.39, 0.29) is 12.3 Å². The average molecular weight is 283 g/mol. The highest BCUT2D eigenvalue weighted by atomic mass is 16.5. The van der Waals surface area contributed by atoms with Crippen LogP contribution in [0.5, 0.6) is 5.75 Å². The number of nitrogens with one attached hydrogen (secondary N) is 2. The number of nitrogens with two attached hydrogens (primary N) is 1. The van der Waals surface area contributed by atoms with Crippen LogP contribution in [0.4, 0.5) is 0 Å². The first-order chi connectivity index (χ1) is 10.2. The molecule has 2 aromatic rings. The topological polar surface area (TPSA) is 69.2 Å². The summed E-state index contributed by atoms with van der Waals surface area (Å²) in [5.41, 5.74) is 9.58. The van der Waals surface area contributed by atoms with Crippen LogP contribution in [-0.2, 0) is 13.0 Å². The molecule has 0 aromatic heterocycles. The SMILES string of the molecule is COc1ccc(Cc2cccc(CNC3NC3N)c2)cc1. The molecular formula is C17H21N3O. The van der Waals surface area contributed by atoms with Gasteiger partial charge in [0.2, 0.25) is 0 Å². The molecule has 3 rings (SSSR count). The molecule has 1 aliphatic heterocycles. The minimum Gasteiger partial charge on any atom is -0.497 e. The van der Waals surface area contributed by atoms with Crippen molar-refractivity contribution in [3.8, 4) is 5.75 Å². The maximum atomic E-state index is 5.70. The van der Waals surface area contributed by atoms with E-state index in [1.807, 2.05) is 12.1 Å². The molecule has 0 bridgehead atoms. The standard InChI is InChI=1S/C17H21N3O/c1-21-15-7-5-12(6-8-15)9-13-3-2-4-14(10-13)11-19-17-16(18)20-17/h2-8,10,16-17,19-20H,9,11,18H2,1H3. The number of hydrogen-bond acceptors (Lipinski definition) is 4. The van der Waals surface area contributed by atoms with Gasteiger partial charge in [-0.25, -0.2) is 0 Å². The van der Waals surface area contributed by atoms with Crippen molar-refractivity contribution >= 4 is 0 Å². The zero-order valence-electron chi connectivity index (χ0n) is 12.2. The van der Waals surface area contributed by atoms with Crippen LogP contribution in [0.3, 0.4) is 0 Å². The summed E-state index contributed by atoms with van der Waals surface area (Å²) in [4.78, 5) is 0. The number of hydrogen-bond donors (Lipinski definition) is 3. The molecule has 2 atom stereocenters. The Morgan fingerprint density at radius 2 is 1.81 bits per heavy atom. The molecule has 1 fully saturated rings. The molecule has 0 radical (unpaired) electrons. The molecular weight excluding hydrogens is 262 g/mol. The molecule has 0 saturated carbocycles. The maximum absolute atomic E-state index is 5.70.